The molecule has 1 aliphatic rings. The number of amides is 1. The van der Waals surface area contributed by atoms with E-state index in [9.17, 15) is 35.5 Å². The molecule has 1 aromatic carbocycles. The normalized spacial score (nSPS) is 13.4. The molecule has 0 spiro atoms. The zero-order valence-corrected chi connectivity index (χ0v) is 20.2. The minimum Gasteiger partial charge on any atom is -0.475 e. The largest absolute Gasteiger partial charge is 0.490 e. The molecule has 4 rings (SSSR count). The second-order valence-electron chi connectivity index (χ2n) is 7.70. The van der Waals surface area contributed by atoms with E-state index in [1.54, 1.807) is 18.2 Å². The molecule has 0 bridgehead atoms. The summed E-state index contributed by atoms with van der Waals surface area (Å²) in [5, 5.41) is 17.0. The highest BCUT2D eigenvalue weighted by Crippen LogP contribution is 2.21. The van der Waals surface area contributed by atoms with Crippen LogP contribution in [0.15, 0.2) is 48.7 Å². The van der Waals surface area contributed by atoms with E-state index in [-0.39, 0.29) is 18.3 Å². The van der Waals surface area contributed by atoms with Crippen molar-refractivity contribution < 1.29 is 60.1 Å². The van der Waals surface area contributed by atoms with Crippen LogP contribution < -0.4 is 10.2 Å². The minimum absolute atomic E-state index is 0.115. The first kappa shape index (κ1) is 31.8. The molecule has 0 radical (unpaired) electrons. The van der Waals surface area contributed by atoms with Gasteiger partial charge in [0.05, 0.1) is 18.7 Å². The molecule has 0 unspecified atom stereocenters. The monoisotopic (exact) mass is 582 g/mol. The zero-order chi connectivity index (χ0) is 30.1. The summed E-state index contributed by atoms with van der Waals surface area (Å²) in [7, 11) is 0. The average Bonchev–Trinajstić information content (AvgIpc) is 3.28. The number of halogens is 7. The van der Waals surface area contributed by atoms with Crippen molar-refractivity contribution in [3.63, 3.8) is 0 Å². The predicted octanol–water partition coefficient (Wildman–Crippen LogP) is 3.51. The number of morpholine rings is 1. The van der Waals surface area contributed by atoms with Crippen LogP contribution in [0.4, 0.5) is 36.7 Å². The Bertz CT molecular complexity index is 1300. The van der Waals surface area contributed by atoms with Gasteiger partial charge in [-0.2, -0.15) is 26.3 Å². The van der Waals surface area contributed by atoms with Gasteiger partial charge in [0, 0.05) is 31.4 Å². The predicted molar refractivity (Wildman–Crippen MR) is 123 cm³/mol. The Morgan fingerprint density at radius 3 is 1.95 bits per heavy atom. The van der Waals surface area contributed by atoms with E-state index in [2.05, 4.69) is 15.2 Å². The number of aliphatic carboxylic acids is 2. The number of fused-ring (bicyclic) bond motifs is 1. The van der Waals surface area contributed by atoms with E-state index < -0.39 is 24.3 Å². The summed E-state index contributed by atoms with van der Waals surface area (Å²) >= 11 is 0. The van der Waals surface area contributed by atoms with Crippen molar-refractivity contribution in [1.82, 2.24) is 14.7 Å². The highest BCUT2D eigenvalue weighted by molar-refractivity contribution is 5.99. The lowest BCUT2D eigenvalue weighted by Crippen LogP contribution is -2.37. The van der Waals surface area contributed by atoms with Crippen LogP contribution in [-0.4, -0.2) is 76.1 Å². The number of hydrogen-bond acceptors (Lipinski definition) is 6. The molecule has 3 N–H and O–H groups in total. The molecule has 3 heterocycles. The Morgan fingerprint density at radius 2 is 1.43 bits per heavy atom. The maximum absolute atomic E-state index is 13.8. The molecule has 1 fully saturated rings. The molecule has 3 aromatic rings. The van der Waals surface area contributed by atoms with Crippen LogP contribution in [0.1, 0.15) is 16.1 Å². The van der Waals surface area contributed by atoms with Crippen LogP contribution in [-0.2, 0) is 20.9 Å². The molecular weight excluding hydrogens is 561 g/mol. The van der Waals surface area contributed by atoms with Gasteiger partial charge in [0.2, 0.25) is 5.95 Å². The number of rotatable bonds is 4. The summed E-state index contributed by atoms with van der Waals surface area (Å²) in [6, 6.07) is 12.0. The number of aromatic nitrogens is 2. The number of anilines is 1. The van der Waals surface area contributed by atoms with Gasteiger partial charge < -0.3 is 25.2 Å². The highest BCUT2D eigenvalue weighted by Gasteiger charge is 2.38. The molecule has 2 aromatic heterocycles. The van der Waals surface area contributed by atoms with Crippen molar-refractivity contribution in [2.75, 3.05) is 31.2 Å². The Morgan fingerprint density at radius 1 is 0.900 bits per heavy atom. The third-order valence-electron chi connectivity index (χ3n) is 4.92. The standard InChI is InChI=1S/C19H19FN4O2.2C2HF3O2/c20-15-6-2-1-5-14(15)13-21-18(25)17-16-7-3-4-8-24(16)19(22-17)23-9-11-26-12-10-23;2*3-2(4,5)1(6)7/h1-8H,9-13H2,(H,21,25);2*(H,6,7). The summed E-state index contributed by atoms with van der Waals surface area (Å²) < 4.78 is 84.5. The highest BCUT2D eigenvalue weighted by atomic mass is 19.4. The average molecular weight is 582 g/mol. The van der Waals surface area contributed by atoms with E-state index in [1.165, 1.54) is 6.07 Å². The number of imidazole rings is 1. The molecule has 0 atom stereocenters. The quantitative estimate of drug-likeness (QED) is 0.398. The van der Waals surface area contributed by atoms with E-state index in [0.29, 0.717) is 24.5 Å². The topological polar surface area (TPSA) is 133 Å². The van der Waals surface area contributed by atoms with E-state index >= 15 is 0 Å². The first-order valence-electron chi connectivity index (χ1n) is 11.0. The Labute approximate surface area is 220 Å². The zero-order valence-electron chi connectivity index (χ0n) is 20.2. The fourth-order valence-corrected chi connectivity index (χ4v) is 3.08. The van der Waals surface area contributed by atoms with Gasteiger partial charge in [-0.1, -0.05) is 24.3 Å². The van der Waals surface area contributed by atoms with Crippen LogP contribution in [0, 0.1) is 5.82 Å². The van der Waals surface area contributed by atoms with E-state index in [1.807, 2.05) is 28.8 Å². The lowest BCUT2D eigenvalue weighted by Gasteiger charge is -2.27. The number of alkyl halides is 6. The summed E-state index contributed by atoms with van der Waals surface area (Å²) in [5.41, 5.74) is 1.50. The molecular formula is C23H21F7N4O6. The fraction of sp³-hybridized carbons (Fsp3) is 0.304. The van der Waals surface area contributed by atoms with Gasteiger partial charge in [0.15, 0.2) is 5.69 Å². The molecule has 10 nitrogen and oxygen atoms in total. The van der Waals surface area contributed by atoms with Crippen LogP contribution in [0.3, 0.4) is 0 Å². The Hall–Kier alpha value is -4.41. The van der Waals surface area contributed by atoms with Gasteiger partial charge in [-0.3, -0.25) is 9.20 Å². The molecule has 218 valence electrons. The van der Waals surface area contributed by atoms with Crippen molar-refractivity contribution in [3.05, 3.63) is 65.7 Å². The van der Waals surface area contributed by atoms with Crippen molar-refractivity contribution >= 4 is 29.3 Å². The first-order valence-corrected chi connectivity index (χ1v) is 11.0. The molecule has 1 saturated heterocycles. The summed E-state index contributed by atoms with van der Waals surface area (Å²) in [6.07, 6.45) is -8.28. The minimum atomic E-state index is -5.08. The van der Waals surface area contributed by atoms with Crippen LogP contribution >= 0.6 is 0 Å². The van der Waals surface area contributed by atoms with Gasteiger partial charge in [-0.05, 0) is 18.2 Å². The smallest absolute Gasteiger partial charge is 0.475 e. The van der Waals surface area contributed by atoms with Crippen molar-refractivity contribution in [3.8, 4) is 0 Å². The summed E-state index contributed by atoms with van der Waals surface area (Å²) in [6.45, 7) is 2.84. The third kappa shape index (κ3) is 9.11. The number of carboxylic acids is 2. The van der Waals surface area contributed by atoms with Gasteiger partial charge in [0.1, 0.15) is 5.82 Å². The maximum Gasteiger partial charge on any atom is 0.490 e. The molecule has 40 heavy (non-hydrogen) atoms. The number of carbonyl (C=O) groups excluding carboxylic acids is 1. The lowest BCUT2D eigenvalue weighted by molar-refractivity contribution is -0.193. The van der Waals surface area contributed by atoms with E-state index in [4.69, 9.17) is 24.5 Å². The molecule has 1 aliphatic heterocycles. The fourth-order valence-electron chi connectivity index (χ4n) is 3.08. The van der Waals surface area contributed by atoms with Crippen LogP contribution in [0.25, 0.3) is 5.52 Å². The molecule has 1 amide bonds. The van der Waals surface area contributed by atoms with Crippen molar-refractivity contribution in [2.45, 2.75) is 18.9 Å². The first-order chi connectivity index (χ1) is 18.6. The van der Waals surface area contributed by atoms with Gasteiger partial charge in [-0.25, -0.2) is 19.0 Å². The molecule has 0 saturated carbocycles. The number of carboxylic acid groups (broad SMARTS) is 2. The Balaban J connectivity index is 0.000000333. The third-order valence-corrected chi connectivity index (χ3v) is 4.92. The number of hydrogen-bond donors (Lipinski definition) is 3. The number of ether oxygens (including phenoxy) is 1. The molecule has 17 heteroatoms. The second kappa shape index (κ2) is 13.6. The van der Waals surface area contributed by atoms with E-state index in [0.717, 1.165) is 24.6 Å². The maximum atomic E-state index is 13.8. The van der Waals surface area contributed by atoms with Crippen molar-refractivity contribution in [2.24, 2.45) is 0 Å². The Kier molecular flexibility index (Phi) is 10.8. The number of carbonyl (C=O) groups is 3. The van der Waals surface area contributed by atoms with Crippen molar-refractivity contribution in [1.29, 1.82) is 0 Å². The number of nitrogens with zero attached hydrogens (tertiary/aromatic N) is 3. The molecule has 0 aliphatic carbocycles. The second-order valence-corrected chi connectivity index (χ2v) is 7.70. The number of benzene rings is 1. The summed E-state index contributed by atoms with van der Waals surface area (Å²) in [5.74, 6) is -5.45. The lowest BCUT2D eigenvalue weighted by atomic mass is 10.2. The van der Waals surface area contributed by atoms with Crippen LogP contribution in [0.2, 0.25) is 0 Å². The number of pyridine rings is 1. The van der Waals surface area contributed by atoms with Gasteiger partial charge >= 0.3 is 24.3 Å². The van der Waals surface area contributed by atoms with Gasteiger partial charge in [0.25, 0.3) is 5.91 Å². The van der Waals surface area contributed by atoms with Crippen LogP contribution in [0.5, 0.6) is 0 Å². The summed E-state index contributed by atoms with van der Waals surface area (Å²) in [4.78, 5) is 37.2. The number of nitrogens with one attached hydrogen (secondary N) is 1. The SMILES string of the molecule is O=C(NCc1ccccc1F)c1nc(N2CCOCC2)n2ccccc12.O=C(O)C(F)(F)F.O=C(O)C(F)(F)F. The van der Waals surface area contributed by atoms with Gasteiger partial charge in [-0.15, -0.1) is 0 Å².